The molecule has 1 unspecified atom stereocenters. The summed E-state index contributed by atoms with van der Waals surface area (Å²) >= 11 is 0. The van der Waals surface area contributed by atoms with Crippen molar-refractivity contribution in [2.45, 2.75) is 56.8 Å². The van der Waals surface area contributed by atoms with E-state index in [0.717, 1.165) is 11.1 Å². The summed E-state index contributed by atoms with van der Waals surface area (Å²) < 4.78 is 12.3. The van der Waals surface area contributed by atoms with Crippen LogP contribution in [0.15, 0.2) is 60.7 Å². The van der Waals surface area contributed by atoms with Gasteiger partial charge in [-0.1, -0.05) is 60.7 Å². The van der Waals surface area contributed by atoms with E-state index in [2.05, 4.69) is 0 Å². The third kappa shape index (κ3) is 11.5. The maximum Gasteiger partial charge on any atom is 0.157 e. The topological polar surface area (TPSA) is 111 Å². The Labute approximate surface area is 229 Å². The van der Waals surface area contributed by atoms with Crippen molar-refractivity contribution in [3.8, 4) is 0 Å². The third-order valence-electron chi connectivity index (χ3n) is 5.57. The van der Waals surface area contributed by atoms with Gasteiger partial charge in [0.1, 0.15) is 18.3 Å². The minimum Gasteiger partial charge on any atom is -0.374 e. The highest BCUT2D eigenvalue weighted by Gasteiger charge is 2.47. The summed E-state index contributed by atoms with van der Waals surface area (Å²) in [5, 5.41) is 0. The molecule has 6 atom stereocenters. The molecule has 0 heterocycles. The summed E-state index contributed by atoms with van der Waals surface area (Å²) in [6.45, 7) is 2.27. The number of benzene rings is 2. The van der Waals surface area contributed by atoms with Crippen LogP contribution in [0.1, 0.15) is 18.1 Å². The third-order valence-corrected chi connectivity index (χ3v) is 5.57. The van der Waals surface area contributed by atoms with E-state index in [0.29, 0.717) is 6.61 Å². The average Bonchev–Trinajstić information content (AvgIpc) is 2.95. The molecule has 2 aromatic rings. The molecule has 0 bridgehead atoms. The van der Waals surface area contributed by atoms with Crippen molar-refractivity contribution in [3.63, 3.8) is 0 Å². The van der Waals surface area contributed by atoms with E-state index in [-0.39, 0.29) is 13.2 Å². The molecule has 0 fully saturated rings. The van der Waals surface area contributed by atoms with Crippen LogP contribution in [0.5, 0.6) is 0 Å². The quantitative estimate of drug-likeness (QED) is 0.156. The zero-order valence-corrected chi connectivity index (χ0v) is 23.3. The van der Waals surface area contributed by atoms with Gasteiger partial charge in [0, 0.05) is 0 Å². The van der Waals surface area contributed by atoms with Gasteiger partial charge in [-0.3, -0.25) is 0 Å². The highest BCUT2D eigenvalue weighted by Crippen LogP contribution is 2.26. The molecule has 0 aliphatic rings. The zero-order valence-electron chi connectivity index (χ0n) is 23.3. The lowest BCUT2D eigenvalue weighted by Gasteiger charge is -2.37. The number of hydrogen-bond donors (Lipinski definition) is 0. The number of hydrogen-bond acceptors (Lipinski definition) is 12. The van der Waals surface area contributed by atoms with E-state index in [1.54, 1.807) is 6.92 Å². The Hall–Kier alpha value is -2.04. The summed E-state index contributed by atoms with van der Waals surface area (Å²) in [5.41, 5.74) is 1.89. The van der Waals surface area contributed by atoms with Crippen LogP contribution in [0.2, 0.25) is 0 Å². The Kier molecular flexibility index (Phi) is 16.9. The Bertz CT molecular complexity index is 843. The largest absolute Gasteiger partial charge is 0.374 e. The van der Waals surface area contributed by atoms with Gasteiger partial charge in [0.05, 0.1) is 55.4 Å². The molecular weight excluding hydrogens is 516 g/mol. The second kappa shape index (κ2) is 19.9. The van der Waals surface area contributed by atoms with Gasteiger partial charge in [-0.25, -0.2) is 48.9 Å². The van der Waals surface area contributed by atoms with Gasteiger partial charge in [0.15, 0.2) is 18.3 Å². The van der Waals surface area contributed by atoms with E-state index in [1.165, 1.54) is 35.5 Å². The lowest BCUT2D eigenvalue weighted by Crippen LogP contribution is -2.57. The van der Waals surface area contributed by atoms with E-state index in [1.807, 2.05) is 60.7 Å². The smallest absolute Gasteiger partial charge is 0.157 e. The number of ether oxygens (including phenoxy) is 2. The minimum atomic E-state index is -1.06. The molecule has 0 N–H and O–H groups in total. The molecule has 0 aliphatic carbocycles. The molecule has 39 heavy (non-hydrogen) atoms. The van der Waals surface area contributed by atoms with E-state index in [4.69, 9.17) is 58.3 Å². The molecule has 0 radical (unpaired) electrons. The standard InChI is InChI=1S/C27H40O12/c1-20(35-28-2)24(37-30-4)26(38-31-5)27(39-32-6)25(34-18-22-15-11-8-12-16-22)23(36-29-3)19-33-17-21-13-9-7-10-14-21/h7-16,20,23-27H,17-19H2,1-6H3/t20?,23-,24-,25+,26+,27-/m0/s1. The van der Waals surface area contributed by atoms with Crippen molar-refractivity contribution in [2.24, 2.45) is 0 Å². The van der Waals surface area contributed by atoms with Gasteiger partial charge in [-0.15, -0.1) is 0 Å². The first-order valence-electron chi connectivity index (χ1n) is 12.3. The lowest BCUT2D eigenvalue weighted by molar-refractivity contribution is -0.448. The zero-order chi connectivity index (χ0) is 28.3. The Morgan fingerprint density at radius 1 is 0.513 bits per heavy atom. The fourth-order valence-electron chi connectivity index (χ4n) is 3.88. The van der Waals surface area contributed by atoms with Crippen LogP contribution in [-0.4, -0.2) is 78.8 Å². The van der Waals surface area contributed by atoms with Gasteiger partial charge in [0.25, 0.3) is 0 Å². The fraction of sp³-hybridized carbons (Fsp3) is 0.556. The van der Waals surface area contributed by atoms with Crippen molar-refractivity contribution in [3.05, 3.63) is 71.8 Å². The Balaban J connectivity index is 2.40. The van der Waals surface area contributed by atoms with Crippen LogP contribution in [-0.2, 0) is 71.6 Å². The van der Waals surface area contributed by atoms with Gasteiger partial charge >= 0.3 is 0 Å². The molecule has 0 aliphatic heterocycles. The molecule has 12 heteroatoms. The van der Waals surface area contributed by atoms with Gasteiger partial charge < -0.3 is 9.47 Å². The molecule has 0 amide bonds. The molecule has 12 nitrogen and oxygen atoms in total. The highest BCUT2D eigenvalue weighted by atomic mass is 17.2. The lowest BCUT2D eigenvalue weighted by atomic mass is 9.96. The molecular formula is C27H40O12. The summed E-state index contributed by atoms with van der Waals surface area (Å²) in [7, 11) is 6.80. The summed E-state index contributed by atoms with van der Waals surface area (Å²) in [5.74, 6) is 0. The maximum atomic E-state index is 6.36. The molecule has 220 valence electrons. The first-order chi connectivity index (χ1) is 19.1. The van der Waals surface area contributed by atoms with Crippen LogP contribution < -0.4 is 0 Å². The minimum absolute atomic E-state index is 0.0609. The normalized spacial score (nSPS) is 16.4. The van der Waals surface area contributed by atoms with E-state index < -0.39 is 36.6 Å². The first-order valence-corrected chi connectivity index (χ1v) is 12.3. The van der Waals surface area contributed by atoms with Crippen molar-refractivity contribution in [1.82, 2.24) is 0 Å². The molecule has 0 saturated carbocycles. The molecule has 0 saturated heterocycles. The van der Waals surface area contributed by atoms with E-state index >= 15 is 0 Å². The van der Waals surface area contributed by atoms with Crippen molar-refractivity contribution < 1.29 is 58.3 Å². The molecule has 2 rings (SSSR count). The van der Waals surface area contributed by atoms with Gasteiger partial charge in [-0.2, -0.15) is 0 Å². The SMILES string of the molecule is COOC(C)[C@H](OOC)[C@@H](OOC)[C@@H](OOC)[C@H](OCc1ccccc1)[C@H](COCc1ccccc1)OOC. The second-order valence-corrected chi connectivity index (χ2v) is 8.21. The van der Waals surface area contributed by atoms with Crippen LogP contribution in [0.4, 0.5) is 0 Å². The predicted octanol–water partition coefficient (Wildman–Crippen LogP) is 3.54. The summed E-state index contributed by atoms with van der Waals surface area (Å²) in [4.78, 5) is 52.8. The fourth-order valence-corrected chi connectivity index (χ4v) is 3.88. The summed E-state index contributed by atoms with van der Waals surface area (Å²) in [6.07, 6.45) is -5.53. The van der Waals surface area contributed by atoms with Crippen molar-refractivity contribution in [2.75, 3.05) is 42.2 Å². The van der Waals surface area contributed by atoms with Crippen LogP contribution in [0, 0.1) is 0 Å². The van der Waals surface area contributed by atoms with Crippen molar-refractivity contribution >= 4 is 0 Å². The molecule has 0 aromatic heterocycles. The molecule has 2 aromatic carbocycles. The average molecular weight is 557 g/mol. The van der Waals surface area contributed by atoms with Crippen LogP contribution in [0.3, 0.4) is 0 Å². The second-order valence-electron chi connectivity index (χ2n) is 8.21. The Morgan fingerprint density at radius 2 is 0.974 bits per heavy atom. The highest BCUT2D eigenvalue weighted by molar-refractivity contribution is 5.14. The van der Waals surface area contributed by atoms with Crippen LogP contribution in [0.25, 0.3) is 0 Å². The van der Waals surface area contributed by atoms with Crippen molar-refractivity contribution in [1.29, 1.82) is 0 Å². The summed E-state index contributed by atoms with van der Waals surface area (Å²) in [6, 6.07) is 19.3. The van der Waals surface area contributed by atoms with E-state index in [9.17, 15) is 0 Å². The van der Waals surface area contributed by atoms with Gasteiger partial charge in [0.2, 0.25) is 0 Å². The maximum absolute atomic E-state index is 6.36. The number of rotatable bonds is 22. The Morgan fingerprint density at radius 3 is 1.49 bits per heavy atom. The molecule has 0 spiro atoms. The van der Waals surface area contributed by atoms with Crippen LogP contribution >= 0.6 is 0 Å². The monoisotopic (exact) mass is 556 g/mol. The predicted molar refractivity (Wildman–Crippen MR) is 136 cm³/mol. The first kappa shape index (κ1) is 33.2. The van der Waals surface area contributed by atoms with Gasteiger partial charge in [-0.05, 0) is 18.1 Å².